The molecule has 0 N–H and O–H groups in total. The molecule has 0 unspecified atom stereocenters. The van der Waals surface area contributed by atoms with Crippen LogP contribution >= 0.6 is 0 Å². The molecule has 0 radical (unpaired) electrons. The minimum absolute atomic E-state index is 0.258. The quantitative estimate of drug-likeness (QED) is 0.342. The third-order valence-electron chi connectivity index (χ3n) is 6.90. The van der Waals surface area contributed by atoms with Gasteiger partial charge < -0.3 is 4.90 Å². The summed E-state index contributed by atoms with van der Waals surface area (Å²) in [6.07, 6.45) is 1.94. The van der Waals surface area contributed by atoms with E-state index in [0.29, 0.717) is 0 Å². The number of piperazine rings is 1. The smallest absolute Gasteiger partial charge is 0.165 e. The fourth-order valence-corrected chi connectivity index (χ4v) is 5.21. The Morgan fingerprint density at radius 1 is 0.714 bits per heavy atom. The number of aryl methyl sites for hydroxylation is 1. The van der Waals surface area contributed by atoms with Crippen molar-refractivity contribution in [3.63, 3.8) is 0 Å². The molecule has 5 nitrogen and oxygen atoms in total. The molecule has 0 saturated carbocycles. The van der Waals surface area contributed by atoms with E-state index in [1.54, 1.807) is 0 Å². The molecule has 1 aliphatic heterocycles. The Bertz CT molecular complexity index is 1370. The second-order valence-electron chi connectivity index (χ2n) is 9.16. The van der Waals surface area contributed by atoms with Gasteiger partial charge in [-0.2, -0.15) is 9.61 Å². The maximum Gasteiger partial charge on any atom is 0.165 e. The van der Waals surface area contributed by atoms with Crippen LogP contribution in [-0.4, -0.2) is 45.7 Å². The molecule has 35 heavy (non-hydrogen) atoms. The van der Waals surface area contributed by atoms with Gasteiger partial charge in [0.05, 0.1) is 12.2 Å². The van der Waals surface area contributed by atoms with E-state index in [-0.39, 0.29) is 6.04 Å². The summed E-state index contributed by atoms with van der Waals surface area (Å²) >= 11 is 0. The molecule has 1 saturated heterocycles. The summed E-state index contributed by atoms with van der Waals surface area (Å²) in [5, 5.41) is 4.76. The first kappa shape index (κ1) is 21.6. The van der Waals surface area contributed by atoms with Gasteiger partial charge in [-0.05, 0) is 23.6 Å². The molecule has 0 atom stereocenters. The molecule has 0 aliphatic carbocycles. The van der Waals surface area contributed by atoms with Crippen LogP contribution in [0.1, 0.15) is 22.9 Å². The van der Waals surface area contributed by atoms with Gasteiger partial charge >= 0.3 is 0 Å². The predicted molar refractivity (Wildman–Crippen MR) is 142 cm³/mol. The van der Waals surface area contributed by atoms with Crippen molar-refractivity contribution in [3.8, 4) is 11.1 Å². The van der Waals surface area contributed by atoms with Crippen molar-refractivity contribution in [2.45, 2.75) is 13.0 Å². The first-order chi connectivity index (χ1) is 17.3. The van der Waals surface area contributed by atoms with E-state index in [1.165, 1.54) is 11.1 Å². The number of hydrogen-bond acceptors (Lipinski definition) is 4. The van der Waals surface area contributed by atoms with Gasteiger partial charge in [0.25, 0.3) is 0 Å². The van der Waals surface area contributed by atoms with Gasteiger partial charge in [0, 0.05) is 43.5 Å². The maximum absolute atomic E-state index is 4.85. The van der Waals surface area contributed by atoms with Gasteiger partial charge in [-0.1, -0.05) is 91.0 Å². The third kappa shape index (κ3) is 4.19. The van der Waals surface area contributed by atoms with E-state index in [2.05, 4.69) is 108 Å². The second-order valence-corrected chi connectivity index (χ2v) is 9.16. The monoisotopic (exact) mass is 459 g/mol. The number of nitrogens with zero attached hydrogens (tertiary/aromatic N) is 5. The molecule has 1 fully saturated rings. The van der Waals surface area contributed by atoms with Gasteiger partial charge in [0.2, 0.25) is 0 Å². The SMILES string of the molecule is Cc1cc(N2CCN(C(c3ccccc3)c3ccccc3)CC2)n2ncc(-c3ccccc3)c2n1. The molecule has 3 heterocycles. The number of rotatable bonds is 5. The molecule has 3 aromatic carbocycles. The normalized spacial score (nSPS) is 14.6. The summed E-state index contributed by atoms with van der Waals surface area (Å²) in [5.74, 6) is 1.12. The topological polar surface area (TPSA) is 36.7 Å². The summed E-state index contributed by atoms with van der Waals surface area (Å²) in [6.45, 7) is 5.90. The summed E-state index contributed by atoms with van der Waals surface area (Å²) in [6, 6.07) is 34.5. The predicted octanol–water partition coefficient (Wildman–Crippen LogP) is 5.62. The Labute approximate surface area is 206 Å². The van der Waals surface area contributed by atoms with Crippen molar-refractivity contribution in [2.24, 2.45) is 0 Å². The van der Waals surface area contributed by atoms with Crippen LogP contribution in [0.5, 0.6) is 0 Å². The van der Waals surface area contributed by atoms with Crippen LogP contribution in [-0.2, 0) is 0 Å². The lowest BCUT2D eigenvalue weighted by Crippen LogP contribution is -2.48. The average molecular weight is 460 g/mol. The minimum Gasteiger partial charge on any atom is -0.354 e. The molecule has 5 heteroatoms. The van der Waals surface area contributed by atoms with Crippen molar-refractivity contribution < 1.29 is 0 Å². The number of hydrogen-bond donors (Lipinski definition) is 0. The summed E-state index contributed by atoms with van der Waals surface area (Å²) in [5.41, 5.74) is 6.83. The lowest BCUT2D eigenvalue weighted by molar-refractivity contribution is 0.211. The Kier molecular flexibility index (Phi) is 5.76. The van der Waals surface area contributed by atoms with Crippen LogP contribution in [0.2, 0.25) is 0 Å². The van der Waals surface area contributed by atoms with E-state index in [4.69, 9.17) is 10.1 Å². The molecular weight excluding hydrogens is 430 g/mol. The molecule has 0 bridgehead atoms. The lowest BCUT2D eigenvalue weighted by Gasteiger charge is -2.40. The molecule has 0 amide bonds. The van der Waals surface area contributed by atoms with Gasteiger partial charge in [-0.25, -0.2) is 4.98 Å². The first-order valence-corrected chi connectivity index (χ1v) is 12.3. The van der Waals surface area contributed by atoms with Crippen molar-refractivity contribution in [1.82, 2.24) is 19.5 Å². The summed E-state index contributed by atoms with van der Waals surface area (Å²) in [4.78, 5) is 9.91. The number of benzene rings is 3. The van der Waals surface area contributed by atoms with E-state index in [1.807, 2.05) is 16.8 Å². The average Bonchev–Trinajstić information content (AvgIpc) is 3.34. The Hall–Kier alpha value is -3.96. The minimum atomic E-state index is 0.258. The fraction of sp³-hybridized carbons (Fsp3) is 0.200. The maximum atomic E-state index is 4.85. The van der Waals surface area contributed by atoms with Crippen LogP contribution in [0, 0.1) is 6.92 Å². The zero-order valence-corrected chi connectivity index (χ0v) is 20.0. The van der Waals surface area contributed by atoms with Crippen molar-refractivity contribution >= 4 is 11.5 Å². The highest BCUT2D eigenvalue weighted by atomic mass is 15.4. The molecule has 0 spiro atoms. The molecule has 1 aliphatic rings. The van der Waals surface area contributed by atoms with E-state index in [9.17, 15) is 0 Å². The fourth-order valence-electron chi connectivity index (χ4n) is 5.21. The Morgan fingerprint density at radius 2 is 1.29 bits per heavy atom. The van der Waals surface area contributed by atoms with Crippen molar-refractivity contribution in [2.75, 3.05) is 31.1 Å². The van der Waals surface area contributed by atoms with E-state index in [0.717, 1.165) is 54.5 Å². The standard InChI is InChI=1S/C30H29N5/c1-23-21-28(35-30(32-23)27(22-31-35)24-11-5-2-6-12-24)33-17-19-34(20-18-33)29(25-13-7-3-8-14-25)26-15-9-4-10-16-26/h2-16,21-22,29H,17-20H2,1H3. The van der Waals surface area contributed by atoms with Crippen molar-refractivity contribution in [3.05, 3.63) is 120 Å². The van der Waals surface area contributed by atoms with E-state index < -0.39 is 0 Å². The van der Waals surface area contributed by atoms with Crippen LogP contribution in [0.4, 0.5) is 5.82 Å². The van der Waals surface area contributed by atoms with Crippen LogP contribution in [0.25, 0.3) is 16.8 Å². The molecular formula is C30H29N5. The van der Waals surface area contributed by atoms with Gasteiger partial charge in [-0.3, -0.25) is 4.90 Å². The zero-order valence-electron chi connectivity index (χ0n) is 20.0. The Morgan fingerprint density at radius 3 is 1.89 bits per heavy atom. The molecule has 2 aromatic heterocycles. The van der Waals surface area contributed by atoms with Gasteiger partial charge in [0.1, 0.15) is 5.82 Å². The van der Waals surface area contributed by atoms with Crippen molar-refractivity contribution in [1.29, 1.82) is 0 Å². The number of aromatic nitrogens is 3. The molecule has 5 aromatic rings. The van der Waals surface area contributed by atoms with Gasteiger partial charge in [0.15, 0.2) is 5.65 Å². The summed E-state index contributed by atoms with van der Waals surface area (Å²) < 4.78 is 2.01. The molecule has 6 rings (SSSR count). The van der Waals surface area contributed by atoms with Gasteiger partial charge in [-0.15, -0.1) is 0 Å². The highest BCUT2D eigenvalue weighted by Gasteiger charge is 2.27. The summed E-state index contributed by atoms with van der Waals surface area (Å²) in [7, 11) is 0. The molecule has 174 valence electrons. The first-order valence-electron chi connectivity index (χ1n) is 12.3. The Balaban J connectivity index is 1.29. The van der Waals surface area contributed by atoms with E-state index >= 15 is 0 Å². The third-order valence-corrected chi connectivity index (χ3v) is 6.90. The number of anilines is 1. The zero-order chi connectivity index (χ0) is 23.6. The highest BCUT2D eigenvalue weighted by Crippen LogP contribution is 2.31. The number of fused-ring (bicyclic) bond motifs is 1. The van der Waals surface area contributed by atoms with Crippen LogP contribution < -0.4 is 4.90 Å². The van der Waals surface area contributed by atoms with Crippen LogP contribution in [0.15, 0.2) is 103 Å². The highest BCUT2D eigenvalue weighted by molar-refractivity contribution is 5.78. The largest absolute Gasteiger partial charge is 0.354 e. The second kappa shape index (κ2) is 9.35. The van der Waals surface area contributed by atoms with Crippen LogP contribution in [0.3, 0.4) is 0 Å². The lowest BCUT2D eigenvalue weighted by atomic mass is 9.96.